The summed E-state index contributed by atoms with van der Waals surface area (Å²) in [7, 11) is 0. The number of aromatic amines is 2. The molecule has 5 aromatic rings. The summed E-state index contributed by atoms with van der Waals surface area (Å²) in [6.07, 6.45) is 1.95. The lowest BCUT2D eigenvalue weighted by molar-refractivity contribution is 0.0642. The normalized spacial score (nSPS) is 16.0. The molecular formula is C37H43N7O6. The van der Waals surface area contributed by atoms with Gasteiger partial charge in [0.2, 0.25) is 0 Å². The van der Waals surface area contributed by atoms with E-state index in [0.29, 0.717) is 71.5 Å². The number of nitrogens with one attached hydrogen (secondary N) is 2. The number of nitrogens with zero attached hydrogens (tertiary/aromatic N) is 5. The fraction of sp³-hybridized carbons (Fsp3) is 0.405. The average Bonchev–Trinajstić information content (AvgIpc) is 3.66. The molecule has 0 atom stereocenters. The standard InChI is InChI=1S/C37H43N7O6/c45-34-38-30-10-4-6-12-32(30)43(34)28-14-18-41(19-15-28)36(47)49-24-22-40(26-27-8-2-1-3-9-27)23-25-50-37(48)42-20-16-29(17-21-42)44-33-13-7-5-11-31(33)39-35(44)46/h1-13,28-29H,14-26H2,(H,38,45)(H,39,46). The van der Waals surface area contributed by atoms with E-state index in [0.717, 1.165) is 27.6 Å². The van der Waals surface area contributed by atoms with E-state index < -0.39 is 0 Å². The van der Waals surface area contributed by atoms with Gasteiger partial charge in [-0.2, -0.15) is 0 Å². The van der Waals surface area contributed by atoms with Crippen molar-refractivity contribution < 1.29 is 19.1 Å². The van der Waals surface area contributed by atoms with Gasteiger partial charge in [-0.1, -0.05) is 54.6 Å². The van der Waals surface area contributed by atoms with Crippen molar-refractivity contribution in [1.29, 1.82) is 0 Å². The van der Waals surface area contributed by atoms with E-state index in [9.17, 15) is 19.2 Å². The highest BCUT2D eigenvalue weighted by molar-refractivity contribution is 5.76. The highest BCUT2D eigenvalue weighted by atomic mass is 16.6. The van der Waals surface area contributed by atoms with Gasteiger partial charge in [-0.3, -0.25) is 14.0 Å². The van der Waals surface area contributed by atoms with Crippen molar-refractivity contribution in [3.05, 3.63) is 105 Å². The maximum absolute atomic E-state index is 13.0. The third-order valence-electron chi connectivity index (χ3n) is 9.94. The molecule has 4 heterocycles. The van der Waals surface area contributed by atoms with Gasteiger partial charge >= 0.3 is 23.6 Å². The Morgan fingerprint density at radius 1 is 0.620 bits per heavy atom. The Balaban J connectivity index is 0.870. The van der Waals surface area contributed by atoms with Gasteiger partial charge in [0.05, 0.1) is 22.1 Å². The lowest BCUT2D eigenvalue weighted by Gasteiger charge is -2.32. The summed E-state index contributed by atoms with van der Waals surface area (Å²) in [6.45, 7) is 4.00. The van der Waals surface area contributed by atoms with Crippen LogP contribution in [0.4, 0.5) is 9.59 Å². The first-order valence-corrected chi connectivity index (χ1v) is 17.4. The maximum atomic E-state index is 13.0. The van der Waals surface area contributed by atoms with Gasteiger partial charge in [0.1, 0.15) is 13.2 Å². The fourth-order valence-corrected chi connectivity index (χ4v) is 7.31. The van der Waals surface area contributed by atoms with Crippen molar-refractivity contribution in [3.8, 4) is 0 Å². The van der Waals surface area contributed by atoms with Crippen molar-refractivity contribution >= 4 is 34.3 Å². The van der Waals surface area contributed by atoms with Crippen LogP contribution in [-0.4, -0.2) is 98.5 Å². The fourth-order valence-electron chi connectivity index (χ4n) is 7.31. The predicted molar refractivity (Wildman–Crippen MR) is 189 cm³/mol. The summed E-state index contributed by atoms with van der Waals surface area (Å²) in [4.78, 5) is 62.6. The number of piperidine rings is 2. The quantitative estimate of drug-likeness (QED) is 0.218. The Kier molecular flexibility index (Phi) is 10.0. The topological polar surface area (TPSA) is 138 Å². The zero-order valence-electron chi connectivity index (χ0n) is 28.0. The molecule has 3 aromatic carbocycles. The van der Waals surface area contributed by atoms with Crippen molar-refractivity contribution in [2.45, 2.75) is 44.3 Å². The van der Waals surface area contributed by atoms with Crippen LogP contribution in [0.2, 0.25) is 0 Å². The first-order valence-electron chi connectivity index (χ1n) is 17.4. The van der Waals surface area contributed by atoms with Crippen LogP contribution in [0.5, 0.6) is 0 Å². The van der Waals surface area contributed by atoms with Crippen molar-refractivity contribution in [3.63, 3.8) is 0 Å². The van der Waals surface area contributed by atoms with Gasteiger partial charge < -0.3 is 29.2 Å². The second-order valence-electron chi connectivity index (χ2n) is 13.1. The maximum Gasteiger partial charge on any atom is 0.409 e. The molecule has 2 aliphatic heterocycles. The number of H-pyrrole nitrogens is 2. The van der Waals surface area contributed by atoms with Crippen molar-refractivity contribution in [2.24, 2.45) is 0 Å². The largest absolute Gasteiger partial charge is 0.448 e. The predicted octanol–water partition coefficient (Wildman–Crippen LogP) is 4.72. The average molecular weight is 682 g/mol. The highest BCUT2D eigenvalue weighted by Gasteiger charge is 2.28. The molecule has 7 rings (SSSR count). The van der Waals surface area contributed by atoms with Crippen molar-refractivity contribution in [1.82, 2.24) is 33.8 Å². The third kappa shape index (κ3) is 7.32. The molecule has 13 heteroatoms. The summed E-state index contributed by atoms with van der Waals surface area (Å²) in [6, 6.07) is 25.4. The third-order valence-corrected chi connectivity index (χ3v) is 9.94. The number of amides is 2. The molecule has 13 nitrogen and oxygen atoms in total. The van der Waals surface area contributed by atoms with Gasteiger partial charge in [-0.05, 0) is 55.5 Å². The van der Waals surface area contributed by atoms with Crippen LogP contribution in [0, 0.1) is 0 Å². The van der Waals surface area contributed by atoms with Crippen LogP contribution in [0.3, 0.4) is 0 Å². The number of aromatic nitrogens is 4. The molecule has 2 saturated heterocycles. The summed E-state index contributed by atoms with van der Waals surface area (Å²) in [5.41, 5.74) is 4.25. The molecule has 0 unspecified atom stereocenters. The zero-order chi connectivity index (χ0) is 34.5. The molecule has 0 bridgehead atoms. The Morgan fingerprint density at radius 2 is 1.04 bits per heavy atom. The van der Waals surface area contributed by atoms with E-state index in [-0.39, 0.29) is 48.9 Å². The van der Waals surface area contributed by atoms with Crippen LogP contribution < -0.4 is 11.4 Å². The number of likely N-dealkylation sites (tertiary alicyclic amines) is 2. The summed E-state index contributed by atoms with van der Waals surface area (Å²) in [5.74, 6) is 0. The molecular weight excluding hydrogens is 638 g/mol. The minimum absolute atomic E-state index is 0.0159. The van der Waals surface area contributed by atoms with Gasteiger partial charge in [-0.15, -0.1) is 0 Å². The number of rotatable bonds is 10. The number of benzene rings is 3. The van der Waals surface area contributed by atoms with E-state index in [1.807, 2.05) is 88.0 Å². The number of ether oxygens (including phenoxy) is 2. The number of hydrogen-bond donors (Lipinski definition) is 2. The van der Waals surface area contributed by atoms with Crippen LogP contribution >= 0.6 is 0 Å². The minimum Gasteiger partial charge on any atom is -0.448 e. The van der Waals surface area contributed by atoms with E-state index >= 15 is 0 Å². The van der Waals surface area contributed by atoms with Crippen LogP contribution in [0.15, 0.2) is 88.5 Å². The number of imidazole rings is 2. The Labute approximate surface area is 289 Å². The smallest absolute Gasteiger partial charge is 0.409 e. The van der Waals surface area contributed by atoms with E-state index in [1.165, 1.54) is 0 Å². The number of fused-ring (bicyclic) bond motifs is 2. The molecule has 50 heavy (non-hydrogen) atoms. The van der Waals surface area contributed by atoms with Crippen LogP contribution in [0.25, 0.3) is 22.1 Å². The van der Waals surface area contributed by atoms with Gasteiger partial charge in [-0.25, -0.2) is 19.2 Å². The molecule has 2 N–H and O–H groups in total. The Bertz CT molecular complexity index is 1910. The van der Waals surface area contributed by atoms with Crippen LogP contribution in [-0.2, 0) is 16.0 Å². The lowest BCUT2D eigenvalue weighted by Crippen LogP contribution is -2.42. The van der Waals surface area contributed by atoms with Gasteiger partial charge in [0, 0.05) is 57.9 Å². The second-order valence-corrected chi connectivity index (χ2v) is 13.1. The molecule has 2 aromatic heterocycles. The first kappa shape index (κ1) is 33.2. The number of carbonyl (C=O) groups is 2. The number of hydrogen-bond acceptors (Lipinski definition) is 7. The summed E-state index contributed by atoms with van der Waals surface area (Å²) in [5, 5.41) is 0. The molecule has 0 aliphatic carbocycles. The molecule has 2 amide bonds. The van der Waals surface area contributed by atoms with Crippen LogP contribution in [0.1, 0.15) is 43.3 Å². The Morgan fingerprint density at radius 3 is 1.50 bits per heavy atom. The molecule has 0 spiro atoms. The zero-order valence-corrected chi connectivity index (χ0v) is 28.0. The molecule has 0 radical (unpaired) electrons. The molecule has 2 aliphatic rings. The van der Waals surface area contributed by atoms with Gasteiger partial charge in [0.15, 0.2) is 0 Å². The SMILES string of the molecule is O=C(OCCN(CCOC(=O)N1CCC(n2c(=O)[nH]c3ccccc32)CC1)Cc1ccccc1)N1CCC(n2c(=O)[nH]c3ccccc32)CC1. The van der Waals surface area contributed by atoms with E-state index in [2.05, 4.69) is 14.9 Å². The summed E-state index contributed by atoms with van der Waals surface area (Å²) >= 11 is 0. The highest BCUT2D eigenvalue weighted by Crippen LogP contribution is 2.26. The molecule has 262 valence electrons. The second kappa shape index (κ2) is 15.1. The van der Waals surface area contributed by atoms with E-state index in [1.54, 1.807) is 9.80 Å². The number of carbonyl (C=O) groups excluding carboxylic acids is 2. The molecule has 0 saturated carbocycles. The van der Waals surface area contributed by atoms with E-state index in [4.69, 9.17) is 9.47 Å². The van der Waals surface area contributed by atoms with Gasteiger partial charge in [0.25, 0.3) is 0 Å². The number of para-hydroxylation sites is 4. The van der Waals surface area contributed by atoms with Crippen molar-refractivity contribution in [2.75, 3.05) is 52.5 Å². The lowest BCUT2D eigenvalue weighted by atomic mass is 10.0. The first-order chi connectivity index (χ1) is 24.4. The summed E-state index contributed by atoms with van der Waals surface area (Å²) < 4.78 is 15.0. The monoisotopic (exact) mass is 681 g/mol. The molecule has 2 fully saturated rings. The Hall–Kier alpha value is -5.30. The minimum atomic E-state index is -0.362.